The molecule has 1 rings (SSSR count). The Morgan fingerprint density at radius 1 is 1.31 bits per heavy atom. The smallest absolute Gasteiger partial charge is 0.00767 e. The van der Waals surface area contributed by atoms with Gasteiger partial charge in [0.1, 0.15) is 0 Å². The molecule has 74 valence electrons. The molecule has 1 aromatic rings. The maximum Gasteiger partial charge on any atom is 0.00767 e. The molecule has 0 heterocycles. The summed E-state index contributed by atoms with van der Waals surface area (Å²) in [5.41, 5.74) is 8.60. The van der Waals surface area contributed by atoms with Crippen LogP contribution >= 0.6 is 12.4 Å². The number of benzene rings is 1. The zero-order valence-corrected chi connectivity index (χ0v) is 9.10. The maximum atomic E-state index is 5.87. The highest BCUT2D eigenvalue weighted by atomic mass is 35.5. The topological polar surface area (TPSA) is 26.0 Å². The fourth-order valence-electron chi connectivity index (χ4n) is 1.27. The molecule has 0 aliphatic carbocycles. The minimum atomic E-state index is 0. The molecule has 1 unspecified atom stereocenters. The van der Waals surface area contributed by atoms with E-state index in [9.17, 15) is 0 Å². The molecule has 0 saturated heterocycles. The van der Waals surface area contributed by atoms with Gasteiger partial charge < -0.3 is 5.73 Å². The van der Waals surface area contributed by atoms with Gasteiger partial charge in [-0.2, -0.15) is 0 Å². The Labute approximate surface area is 86.7 Å². The zero-order chi connectivity index (χ0) is 8.97. The second kappa shape index (κ2) is 6.01. The van der Waals surface area contributed by atoms with Gasteiger partial charge in [-0.25, -0.2) is 0 Å². The number of halogens is 1. The third-order valence-electron chi connectivity index (χ3n) is 2.27. The van der Waals surface area contributed by atoms with E-state index in [2.05, 4.69) is 38.1 Å². The van der Waals surface area contributed by atoms with Crippen molar-refractivity contribution < 1.29 is 0 Å². The van der Waals surface area contributed by atoms with Crippen LogP contribution in [0.2, 0.25) is 0 Å². The lowest BCUT2D eigenvalue weighted by atomic mass is 10.0. The minimum Gasteiger partial charge on any atom is -0.327 e. The standard InChI is InChI=1S/C11H17N.ClH/c1-3-11(12)8-10-7-5-4-6-9(10)2;/h4-7,11H,3,8,12H2,1-2H3;1H. The molecule has 0 aromatic heterocycles. The molecule has 13 heavy (non-hydrogen) atoms. The molecule has 1 atom stereocenters. The van der Waals surface area contributed by atoms with Gasteiger partial charge in [0.15, 0.2) is 0 Å². The largest absolute Gasteiger partial charge is 0.327 e. The molecule has 0 spiro atoms. The van der Waals surface area contributed by atoms with Crippen LogP contribution in [0.4, 0.5) is 0 Å². The first-order valence-corrected chi connectivity index (χ1v) is 4.54. The number of hydrogen-bond acceptors (Lipinski definition) is 1. The molecule has 0 amide bonds. The summed E-state index contributed by atoms with van der Waals surface area (Å²) in [6.07, 6.45) is 2.05. The van der Waals surface area contributed by atoms with E-state index in [-0.39, 0.29) is 12.4 Å². The third-order valence-corrected chi connectivity index (χ3v) is 2.27. The zero-order valence-electron chi connectivity index (χ0n) is 8.29. The van der Waals surface area contributed by atoms with E-state index in [0.29, 0.717) is 6.04 Å². The predicted octanol–water partition coefficient (Wildman–Crippen LogP) is 2.70. The number of nitrogens with two attached hydrogens (primary N) is 1. The monoisotopic (exact) mass is 199 g/mol. The van der Waals surface area contributed by atoms with E-state index in [1.165, 1.54) is 11.1 Å². The summed E-state index contributed by atoms with van der Waals surface area (Å²) in [7, 11) is 0. The SMILES string of the molecule is CCC(N)Cc1ccccc1C.Cl. The van der Waals surface area contributed by atoms with Gasteiger partial charge in [-0.15, -0.1) is 12.4 Å². The van der Waals surface area contributed by atoms with Crippen LogP contribution in [0, 0.1) is 6.92 Å². The quantitative estimate of drug-likeness (QED) is 0.796. The summed E-state index contributed by atoms with van der Waals surface area (Å²) in [6, 6.07) is 8.75. The number of rotatable bonds is 3. The van der Waals surface area contributed by atoms with Crippen LogP contribution in [0.15, 0.2) is 24.3 Å². The fourth-order valence-corrected chi connectivity index (χ4v) is 1.27. The van der Waals surface area contributed by atoms with Gasteiger partial charge in [0, 0.05) is 6.04 Å². The van der Waals surface area contributed by atoms with Crippen LogP contribution < -0.4 is 5.73 Å². The Hall–Kier alpha value is -0.530. The highest BCUT2D eigenvalue weighted by molar-refractivity contribution is 5.85. The van der Waals surface area contributed by atoms with Gasteiger partial charge >= 0.3 is 0 Å². The Bertz CT molecular complexity index is 248. The molecule has 1 aromatic carbocycles. The van der Waals surface area contributed by atoms with E-state index < -0.39 is 0 Å². The molecule has 2 heteroatoms. The van der Waals surface area contributed by atoms with Gasteiger partial charge in [0.25, 0.3) is 0 Å². The predicted molar refractivity (Wildman–Crippen MR) is 60.4 cm³/mol. The molecule has 0 saturated carbocycles. The molecule has 1 nitrogen and oxygen atoms in total. The van der Waals surface area contributed by atoms with Crippen molar-refractivity contribution in [2.24, 2.45) is 5.73 Å². The van der Waals surface area contributed by atoms with Crippen molar-refractivity contribution in [3.63, 3.8) is 0 Å². The van der Waals surface area contributed by atoms with Crippen molar-refractivity contribution in [2.75, 3.05) is 0 Å². The Balaban J connectivity index is 0.00000144. The van der Waals surface area contributed by atoms with Gasteiger partial charge in [0.2, 0.25) is 0 Å². The minimum absolute atomic E-state index is 0. The van der Waals surface area contributed by atoms with E-state index in [4.69, 9.17) is 5.73 Å². The number of aryl methyl sites for hydroxylation is 1. The lowest BCUT2D eigenvalue weighted by molar-refractivity contribution is 0.644. The number of hydrogen-bond donors (Lipinski definition) is 1. The fraction of sp³-hybridized carbons (Fsp3) is 0.455. The highest BCUT2D eigenvalue weighted by Gasteiger charge is 2.02. The third kappa shape index (κ3) is 3.79. The summed E-state index contributed by atoms with van der Waals surface area (Å²) in [5, 5.41) is 0. The van der Waals surface area contributed by atoms with Crippen LogP contribution in [0.25, 0.3) is 0 Å². The van der Waals surface area contributed by atoms with Crippen molar-refractivity contribution in [3.05, 3.63) is 35.4 Å². The molecule has 0 radical (unpaired) electrons. The first kappa shape index (κ1) is 12.5. The normalized spacial score (nSPS) is 11.9. The Kier molecular flexibility index (Phi) is 5.76. The summed E-state index contributed by atoms with van der Waals surface area (Å²) in [5.74, 6) is 0. The van der Waals surface area contributed by atoms with Crippen LogP contribution in [-0.2, 0) is 6.42 Å². The molecule has 0 aliphatic heterocycles. The Morgan fingerprint density at radius 2 is 1.92 bits per heavy atom. The lowest BCUT2D eigenvalue weighted by Gasteiger charge is -2.10. The van der Waals surface area contributed by atoms with Crippen molar-refractivity contribution in [1.29, 1.82) is 0 Å². The van der Waals surface area contributed by atoms with Gasteiger partial charge in [-0.3, -0.25) is 0 Å². The summed E-state index contributed by atoms with van der Waals surface area (Å²) in [4.78, 5) is 0. The Morgan fingerprint density at radius 3 is 2.46 bits per heavy atom. The molecular formula is C11H18ClN. The van der Waals surface area contributed by atoms with E-state index in [1.807, 2.05) is 0 Å². The molecule has 2 N–H and O–H groups in total. The highest BCUT2D eigenvalue weighted by Crippen LogP contribution is 2.09. The van der Waals surface area contributed by atoms with Gasteiger partial charge in [0.05, 0.1) is 0 Å². The first-order valence-electron chi connectivity index (χ1n) is 4.54. The molecule has 0 aliphatic rings. The van der Waals surface area contributed by atoms with Crippen molar-refractivity contribution in [1.82, 2.24) is 0 Å². The van der Waals surface area contributed by atoms with Crippen LogP contribution in [-0.4, -0.2) is 6.04 Å². The van der Waals surface area contributed by atoms with Crippen LogP contribution in [0.5, 0.6) is 0 Å². The van der Waals surface area contributed by atoms with Crippen LogP contribution in [0.3, 0.4) is 0 Å². The first-order chi connectivity index (χ1) is 5.74. The van der Waals surface area contributed by atoms with Crippen molar-refractivity contribution in [2.45, 2.75) is 32.7 Å². The molecule has 0 bridgehead atoms. The van der Waals surface area contributed by atoms with E-state index in [0.717, 1.165) is 12.8 Å². The average Bonchev–Trinajstić information content (AvgIpc) is 2.09. The summed E-state index contributed by atoms with van der Waals surface area (Å²) >= 11 is 0. The second-order valence-corrected chi connectivity index (χ2v) is 3.30. The van der Waals surface area contributed by atoms with Crippen molar-refractivity contribution >= 4 is 12.4 Å². The maximum absolute atomic E-state index is 5.87. The van der Waals surface area contributed by atoms with Gasteiger partial charge in [-0.05, 0) is 30.9 Å². The average molecular weight is 200 g/mol. The van der Waals surface area contributed by atoms with Gasteiger partial charge in [-0.1, -0.05) is 31.2 Å². The second-order valence-electron chi connectivity index (χ2n) is 3.30. The molecular weight excluding hydrogens is 182 g/mol. The van der Waals surface area contributed by atoms with Crippen molar-refractivity contribution in [3.8, 4) is 0 Å². The van der Waals surface area contributed by atoms with E-state index in [1.54, 1.807) is 0 Å². The lowest BCUT2D eigenvalue weighted by Crippen LogP contribution is -2.21. The summed E-state index contributed by atoms with van der Waals surface area (Å²) < 4.78 is 0. The molecule has 0 fully saturated rings. The summed E-state index contributed by atoms with van der Waals surface area (Å²) in [6.45, 7) is 4.26. The van der Waals surface area contributed by atoms with E-state index >= 15 is 0 Å². The van der Waals surface area contributed by atoms with Crippen LogP contribution in [0.1, 0.15) is 24.5 Å².